The summed E-state index contributed by atoms with van der Waals surface area (Å²) in [7, 11) is -3.26. The summed E-state index contributed by atoms with van der Waals surface area (Å²) in [5, 5.41) is 0.674. The smallest absolute Gasteiger partial charge is 0.233 e. The number of sulfone groups is 1. The Morgan fingerprint density at radius 2 is 2.00 bits per heavy atom. The molecule has 1 fully saturated rings. The van der Waals surface area contributed by atoms with Gasteiger partial charge in [0.15, 0.2) is 15.0 Å². The summed E-state index contributed by atoms with van der Waals surface area (Å²) in [6.45, 7) is 3.21. The van der Waals surface area contributed by atoms with Gasteiger partial charge in [0.05, 0.1) is 34.2 Å². The zero-order valence-corrected chi connectivity index (χ0v) is 18.6. The average Bonchev–Trinajstić information content (AvgIpc) is 3.36. The van der Waals surface area contributed by atoms with Crippen LogP contribution in [-0.2, 0) is 25.8 Å². The Balaban J connectivity index is 1.61. The van der Waals surface area contributed by atoms with Gasteiger partial charge in [0, 0.05) is 12.9 Å². The molecule has 8 heteroatoms. The Labute approximate surface area is 180 Å². The molecule has 4 rings (SSSR count). The van der Waals surface area contributed by atoms with Gasteiger partial charge in [-0.1, -0.05) is 35.6 Å². The Kier molecular flexibility index (Phi) is 5.90. The number of para-hydroxylation sites is 1. The van der Waals surface area contributed by atoms with Gasteiger partial charge in [0.25, 0.3) is 0 Å². The Hall–Kier alpha value is -2.29. The fourth-order valence-corrected chi connectivity index (χ4v) is 5.29. The zero-order valence-electron chi connectivity index (χ0n) is 17.0. The van der Waals surface area contributed by atoms with E-state index < -0.39 is 9.84 Å². The van der Waals surface area contributed by atoms with E-state index in [-0.39, 0.29) is 23.3 Å². The molecular weight excluding hydrogens is 420 g/mol. The summed E-state index contributed by atoms with van der Waals surface area (Å²) in [4.78, 5) is 20.0. The molecule has 1 unspecified atom stereocenters. The molecule has 6 nitrogen and oxygen atoms in total. The van der Waals surface area contributed by atoms with Crippen molar-refractivity contribution in [1.82, 2.24) is 4.98 Å². The van der Waals surface area contributed by atoms with Crippen LogP contribution in [0.1, 0.15) is 24.0 Å². The molecule has 0 aliphatic carbocycles. The van der Waals surface area contributed by atoms with Gasteiger partial charge in [-0.2, -0.15) is 0 Å². The molecule has 2 heterocycles. The van der Waals surface area contributed by atoms with Crippen molar-refractivity contribution < 1.29 is 17.9 Å². The van der Waals surface area contributed by atoms with Crippen molar-refractivity contribution in [2.45, 2.75) is 37.2 Å². The van der Waals surface area contributed by atoms with Crippen LogP contribution in [0.15, 0.2) is 47.4 Å². The van der Waals surface area contributed by atoms with Gasteiger partial charge in [-0.3, -0.25) is 9.69 Å². The van der Waals surface area contributed by atoms with Crippen LogP contribution in [0, 0.1) is 6.92 Å². The lowest BCUT2D eigenvalue weighted by atomic mass is 10.1. The van der Waals surface area contributed by atoms with E-state index in [1.54, 1.807) is 29.2 Å². The number of aromatic nitrogens is 1. The van der Waals surface area contributed by atoms with Gasteiger partial charge < -0.3 is 4.74 Å². The molecule has 3 aromatic rings. The van der Waals surface area contributed by atoms with Crippen LogP contribution in [0.4, 0.5) is 5.13 Å². The van der Waals surface area contributed by atoms with Crippen LogP contribution in [0.25, 0.3) is 10.2 Å². The highest BCUT2D eigenvalue weighted by Crippen LogP contribution is 2.32. The number of rotatable bonds is 6. The number of carbonyl (C=O) groups is 1. The third-order valence-corrected chi connectivity index (χ3v) is 7.43. The van der Waals surface area contributed by atoms with E-state index >= 15 is 0 Å². The van der Waals surface area contributed by atoms with Crippen LogP contribution in [0.2, 0.25) is 0 Å². The Morgan fingerprint density at radius 1 is 1.23 bits per heavy atom. The fraction of sp³-hybridized carbons (Fsp3) is 0.364. The summed E-state index contributed by atoms with van der Waals surface area (Å²) in [6.07, 6.45) is 3.28. The van der Waals surface area contributed by atoms with E-state index in [0.717, 1.165) is 40.8 Å². The van der Waals surface area contributed by atoms with Gasteiger partial charge >= 0.3 is 0 Å². The molecule has 0 N–H and O–H groups in total. The molecule has 0 saturated carbocycles. The minimum Gasteiger partial charge on any atom is -0.376 e. The van der Waals surface area contributed by atoms with Gasteiger partial charge in [0.2, 0.25) is 5.91 Å². The maximum atomic E-state index is 13.3. The molecular formula is C22H24N2O4S2. The van der Waals surface area contributed by atoms with Gasteiger partial charge in [-0.15, -0.1) is 0 Å². The molecule has 0 bridgehead atoms. The van der Waals surface area contributed by atoms with Crippen molar-refractivity contribution in [1.29, 1.82) is 0 Å². The van der Waals surface area contributed by atoms with Crippen molar-refractivity contribution in [3.05, 3.63) is 53.6 Å². The maximum absolute atomic E-state index is 13.3. The van der Waals surface area contributed by atoms with Crippen LogP contribution in [0.3, 0.4) is 0 Å². The topological polar surface area (TPSA) is 76.6 Å². The van der Waals surface area contributed by atoms with Gasteiger partial charge in [-0.25, -0.2) is 13.4 Å². The van der Waals surface area contributed by atoms with Crippen molar-refractivity contribution >= 4 is 42.4 Å². The number of nitrogens with zero attached hydrogens (tertiary/aromatic N) is 2. The van der Waals surface area contributed by atoms with Crippen LogP contribution in [-0.4, -0.2) is 44.8 Å². The molecule has 1 amide bonds. The highest BCUT2D eigenvalue weighted by molar-refractivity contribution is 7.90. The molecule has 1 aliphatic rings. The second-order valence-corrected chi connectivity index (χ2v) is 10.7. The van der Waals surface area contributed by atoms with Crippen LogP contribution < -0.4 is 4.90 Å². The number of hydrogen-bond donors (Lipinski definition) is 0. The quantitative estimate of drug-likeness (QED) is 0.579. The lowest BCUT2D eigenvalue weighted by Crippen LogP contribution is -2.38. The van der Waals surface area contributed by atoms with Gasteiger partial charge in [0.1, 0.15) is 0 Å². The van der Waals surface area contributed by atoms with Crippen molar-refractivity contribution in [3.63, 3.8) is 0 Å². The number of fused-ring (bicyclic) bond motifs is 1. The molecule has 1 aromatic heterocycles. The number of anilines is 1. The largest absolute Gasteiger partial charge is 0.376 e. The summed E-state index contributed by atoms with van der Waals surface area (Å²) < 4.78 is 30.2. The second kappa shape index (κ2) is 8.45. The summed E-state index contributed by atoms with van der Waals surface area (Å²) in [5.41, 5.74) is 2.76. The zero-order chi connectivity index (χ0) is 21.3. The summed E-state index contributed by atoms with van der Waals surface area (Å²) in [5.74, 6) is -0.0747. The van der Waals surface area contributed by atoms with E-state index in [0.29, 0.717) is 11.7 Å². The molecule has 2 aromatic carbocycles. The Morgan fingerprint density at radius 3 is 2.63 bits per heavy atom. The van der Waals surface area contributed by atoms with Crippen molar-refractivity contribution in [2.24, 2.45) is 0 Å². The maximum Gasteiger partial charge on any atom is 0.233 e. The highest BCUT2D eigenvalue weighted by Gasteiger charge is 2.26. The summed E-state index contributed by atoms with van der Waals surface area (Å²) in [6, 6.07) is 12.5. The lowest BCUT2D eigenvalue weighted by Gasteiger charge is -2.23. The number of aryl methyl sites for hydroxylation is 1. The predicted octanol–water partition coefficient (Wildman–Crippen LogP) is 3.76. The normalized spacial score (nSPS) is 16.8. The Bertz CT molecular complexity index is 1160. The standard InChI is InChI=1S/C22H24N2O4S2/c1-15-5-3-7-19-21(15)23-22(29-19)24(14-17-6-4-12-28-17)20(25)13-16-8-10-18(11-9-16)30(2,26)27/h3,5,7-11,17H,4,6,12-14H2,1-2H3. The van der Waals surface area contributed by atoms with E-state index in [1.165, 1.54) is 17.6 Å². The number of carbonyl (C=O) groups excluding carboxylic acids is 1. The number of benzene rings is 2. The minimum atomic E-state index is -3.26. The third-order valence-electron chi connectivity index (χ3n) is 5.26. The van der Waals surface area contributed by atoms with Crippen molar-refractivity contribution in [3.8, 4) is 0 Å². The highest BCUT2D eigenvalue weighted by atomic mass is 32.2. The summed E-state index contributed by atoms with van der Waals surface area (Å²) >= 11 is 1.51. The van der Waals surface area contributed by atoms with Crippen molar-refractivity contribution in [2.75, 3.05) is 24.3 Å². The first kappa shape index (κ1) is 21.0. The van der Waals surface area contributed by atoms with E-state index in [9.17, 15) is 13.2 Å². The average molecular weight is 445 g/mol. The number of hydrogen-bond acceptors (Lipinski definition) is 6. The third kappa shape index (κ3) is 4.55. The first-order valence-corrected chi connectivity index (χ1v) is 12.6. The van der Waals surface area contributed by atoms with E-state index in [4.69, 9.17) is 9.72 Å². The van der Waals surface area contributed by atoms with E-state index in [2.05, 4.69) is 0 Å². The molecule has 1 saturated heterocycles. The predicted molar refractivity (Wildman–Crippen MR) is 119 cm³/mol. The molecule has 1 aliphatic heterocycles. The molecule has 30 heavy (non-hydrogen) atoms. The number of ether oxygens (including phenoxy) is 1. The SMILES string of the molecule is Cc1cccc2sc(N(CC3CCCO3)C(=O)Cc3ccc(S(C)(=O)=O)cc3)nc12. The lowest BCUT2D eigenvalue weighted by molar-refractivity contribution is -0.118. The number of amides is 1. The minimum absolute atomic E-state index is 0.00895. The molecule has 0 spiro atoms. The van der Waals surface area contributed by atoms with Crippen LogP contribution >= 0.6 is 11.3 Å². The molecule has 1 atom stereocenters. The van der Waals surface area contributed by atoms with Crippen LogP contribution in [0.5, 0.6) is 0 Å². The second-order valence-electron chi connectivity index (χ2n) is 7.65. The number of thiazole rings is 1. The first-order valence-electron chi connectivity index (χ1n) is 9.88. The monoisotopic (exact) mass is 444 g/mol. The molecule has 0 radical (unpaired) electrons. The first-order chi connectivity index (χ1) is 14.3. The fourth-order valence-electron chi connectivity index (χ4n) is 3.59. The molecule has 158 valence electrons. The van der Waals surface area contributed by atoms with E-state index in [1.807, 2.05) is 25.1 Å². The van der Waals surface area contributed by atoms with Gasteiger partial charge in [-0.05, 0) is 49.1 Å².